The number of carbonyl (C=O) groups is 3. The zero-order chi connectivity index (χ0) is 28.4. The second-order valence-electron chi connectivity index (χ2n) is 9.78. The molecule has 0 fully saturated rings. The quantitative estimate of drug-likeness (QED) is 0.248. The molecule has 3 amide bonds. The molecule has 6 N–H and O–H groups in total. The number of amides is 3. The first-order chi connectivity index (χ1) is 18.5. The van der Waals surface area contributed by atoms with Gasteiger partial charge in [-0.2, -0.15) is 4.98 Å². The SMILES string of the molecule is CCCNc1nc(Nc2ccc(C(N)=O)cc2)ncc1-c1ccc(CNC(=O)CNC(=O)OC(C)(C)C)cc1. The number of aromatic nitrogens is 2. The van der Waals surface area contributed by atoms with Crippen LogP contribution in [0.1, 0.15) is 50.0 Å². The Hall–Kier alpha value is -4.67. The smallest absolute Gasteiger partial charge is 0.408 e. The van der Waals surface area contributed by atoms with E-state index in [2.05, 4.69) is 38.2 Å². The first-order valence-electron chi connectivity index (χ1n) is 12.6. The van der Waals surface area contributed by atoms with E-state index < -0.39 is 17.6 Å². The summed E-state index contributed by atoms with van der Waals surface area (Å²) < 4.78 is 5.12. The molecule has 0 spiro atoms. The topological polar surface area (TPSA) is 160 Å². The number of hydrogen-bond donors (Lipinski definition) is 5. The van der Waals surface area contributed by atoms with Crippen molar-refractivity contribution >= 4 is 35.4 Å². The molecule has 206 valence electrons. The summed E-state index contributed by atoms with van der Waals surface area (Å²) in [5.41, 5.74) is 8.45. The number of alkyl carbamates (subject to hydrolysis) is 1. The molecule has 3 aromatic rings. The monoisotopic (exact) mass is 533 g/mol. The molecular formula is C28H35N7O4. The molecule has 39 heavy (non-hydrogen) atoms. The van der Waals surface area contributed by atoms with Crippen LogP contribution in [0, 0.1) is 0 Å². The third-order valence-corrected chi connectivity index (χ3v) is 5.30. The van der Waals surface area contributed by atoms with Crippen LogP contribution < -0.4 is 27.0 Å². The molecule has 11 nitrogen and oxygen atoms in total. The predicted octanol–water partition coefficient (Wildman–Crippen LogP) is 3.95. The molecule has 1 aromatic heterocycles. The summed E-state index contributed by atoms with van der Waals surface area (Å²) in [5.74, 6) is 0.273. The van der Waals surface area contributed by atoms with Crippen molar-refractivity contribution in [3.63, 3.8) is 0 Å². The predicted molar refractivity (Wildman–Crippen MR) is 151 cm³/mol. The maximum atomic E-state index is 12.1. The molecule has 0 aliphatic heterocycles. The van der Waals surface area contributed by atoms with Crippen LogP contribution in [0.5, 0.6) is 0 Å². The highest BCUT2D eigenvalue weighted by atomic mass is 16.6. The third kappa shape index (κ3) is 9.29. The largest absolute Gasteiger partial charge is 0.444 e. The number of benzene rings is 2. The minimum Gasteiger partial charge on any atom is -0.444 e. The average molecular weight is 534 g/mol. The van der Waals surface area contributed by atoms with Gasteiger partial charge in [0.1, 0.15) is 18.0 Å². The second kappa shape index (κ2) is 13.2. The van der Waals surface area contributed by atoms with Gasteiger partial charge in [0.05, 0.1) is 0 Å². The van der Waals surface area contributed by atoms with Crippen LogP contribution in [-0.4, -0.2) is 46.6 Å². The van der Waals surface area contributed by atoms with E-state index in [0.717, 1.165) is 35.3 Å². The molecule has 0 saturated heterocycles. The highest BCUT2D eigenvalue weighted by molar-refractivity contribution is 5.93. The van der Waals surface area contributed by atoms with E-state index in [9.17, 15) is 14.4 Å². The molecule has 11 heteroatoms. The Labute approximate surface area is 228 Å². The molecule has 3 rings (SSSR count). The van der Waals surface area contributed by atoms with E-state index in [-0.39, 0.29) is 12.5 Å². The Morgan fingerprint density at radius 3 is 2.28 bits per heavy atom. The molecule has 2 aromatic carbocycles. The van der Waals surface area contributed by atoms with Crippen molar-refractivity contribution in [1.29, 1.82) is 0 Å². The highest BCUT2D eigenvalue weighted by Gasteiger charge is 2.16. The lowest BCUT2D eigenvalue weighted by Crippen LogP contribution is -2.39. The van der Waals surface area contributed by atoms with Crippen molar-refractivity contribution in [3.8, 4) is 11.1 Å². The van der Waals surface area contributed by atoms with Crippen molar-refractivity contribution in [3.05, 3.63) is 65.9 Å². The van der Waals surface area contributed by atoms with E-state index in [1.807, 2.05) is 24.3 Å². The number of nitrogens with zero attached hydrogens (tertiary/aromatic N) is 2. The van der Waals surface area contributed by atoms with Crippen LogP contribution in [0.3, 0.4) is 0 Å². The van der Waals surface area contributed by atoms with Gasteiger partial charge in [-0.1, -0.05) is 31.2 Å². The summed E-state index contributed by atoms with van der Waals surface area (Å²) in [4.78, 5) is 44.2. The average Bonchev–Trinajstić information content (AvgIpc) is 2.89. The summed E-state index contributed by atoms with van der Waals surface area (Å²) in [5, 5.41) is 11.7. The molecule has 0 radical (unpaired) electrons. The number of hydrogen-bond acceptors (Lipinski definition) is 8. The van der Waals surface area contributed by atoms with E-state index in [1.165, 1.54) is 0 Å². The maximum Gasteiger partial charge on any atom is 0.408 e. The van der Waals surface area contributed by atoms with Gasteiger partial charge in [-0.25, -0.2) is 9.78 Å². The first kappa shape index (κ1) is 28.9. The van der Waals surface area contributed by atoms with Crippen molar-refractivity contribution in [2.24, 2.45) is 5.73 Å². The minimum atomic E-state index is -0.640. The summed E-state index contributed by atoms with van der Waals surface area (Å²) in [7, 11) is 0. The highest BCUT2D eigenvalue weighted by Crippen LogP contribution is 2.28. The standard InChI is InChI=1S/C28H35N7O4/c1-5-14-30-25-22(16-32-26(35-25)34-21-12-10-20(11-13-21)24(29)37)19-8-6-18(7-9-19)15-31-23(36)17-33-27(38)39-28(2,3)4/h6-13,16H,5,14-15,17H2,1-4H3,(H2,29,37)(H,31,36)(H,33,38)(H2,30,32,34,35). The number of nitrogens with two attached hydrogens (primary N) is 1. The van der Waals surface area contributed by atoms with Gasteiger partial charge in [0.25, 0.3) is 0 Å². The number of carbonyl (C=O) groups excluding carboxylic acids is 3. The Bertz CT molecular complexity index is 1290. The molecule has 0 saturated carbocycles. The third-order valence-electron chi connectivity index (χ3n) is 5.30. The van der Waals surface area contributed by atoms with Gasteiger partial charge in [-0.05, 0) is 62.6 Å². The van der Waals surface area contributed by atoms with Crippen molar-refractivity contribution in [1.82, 2.24) is 20.6 Å². The van der Waals surface area contributed by atoms with Gasteiger partial charge >= 0.3 is 6.09 Å². The fourth-order valence-corrected chi connectivity index (χ4v) is 3.41. The lowest BCUT2D eigenvalue weighted by atomic mass is 10.1. The van der Waals surface area contributed by atoms with Crippen molar-refractivity contribution in [2.45, 2.75) is 46.3 Å². The Kier molecular flexibility index (Phi) is 9.80. The van der Waals surface area contributed by atoms with Gasteiger partial charge in [0, 0.05) is 36.1 Å². The van der Waals surface area contributed by atoms with Crippen LogP contribution in [0.15, 0.2) is 54.7 Å². The Morgan fingerprint density at radius 1 is 0.974 bits per heavy atom. The first-order valence-corrected chi connectivity index (χ1v) is 12.6. The van der Waals surface area contributed by atoms with Gasteiger partial charge in [-0.3, -0.25) is 9.59 Å². The van der Waals surface area contributed by atoms with Crippen molar-refractivity contribution < 1.29 is 19.1 Å². The molecular weight excluding hydrogens is 498 g/mol. The number of primary amides is 1. The van der Waals surface area contributed by atoms with E-state index in [4.69, 9.17) is 10.5 Å². The van der Waals surface area contributed by atoms with Gasteiger partial charge < -0.3 is 31.7 Å². The van der Waals surface area contributed by atoms with Gasteiger partial charge in [0.2, 0.25) is 17.8 Å². The van der Waals surface area contributed by atoms with E-state index in [0.29, 0.717) is 23.9 Å². The van der Waals surface area contributed by atoms with Crippen LogP contribution >= 0.6 is 0 Å². The van der Waals surface area contributed by atoms with Gasteiger partial charge in [0.15, 0.2) is 0 Å². The van der Waals surface area contributed by atoms with E-state index >= 15 is 0 Å². The second-order valence-corrected chi connectivity index (χ2v) is 9.78. The zero-order valence-corrected chi connectivity index (χ0v) is 22.6. The molecule has 1 heterocycles. The van der Waals surface area contributed by atoms with Crippen LogP contribution in [0.4, 0.5) is 22.2 Å². The maximum absolute atomic E-state index is 12.1. The van der Waals surface area contributed by atoms with Crippen LogP contribution in [0.25, 0.3) is 11.1 Å². The van der Waals surface area contributed by atoms with Crippen LogP contribution in [-0.2, 0) is 16.1 Å². The number of anilines is 3. The molecule has 0 atom stereocenters. The fourth-order valence-electron chi connectivity index (χ4n) is 3.41. The number of rotatable bonds is 11. The molecule has 0 aliphatic carbocycles. The lowest BCUT2D eigenvalue weighted by molar-refractivity contribution is -0.120. The summed E-state index contributed by atoms with van der Waals surface area (Å²) in [6, 6.07) is 14.4. The molecule has 0 unspecified atom stereocenters. The Balaban J connectivity index is 1.63. The summed E-state index contributed by atoms with van der Waals surface area (Å²) in [6.45, 7) is 8.20. The minimum absolute atomic E-state index is 0.174. The summed E-state index contributed by atoms with van der Waals surface area (Å²) >= 11 is 0. The van der Waals surface area contributed by atoms with Crippen molar-refractivity contribution in [2.75, 3.05) is 23.7 Å². The normalized spacial score (nSPS) is 10.9. The number of nitrogens with one attached hydrogen (secondary N) is 4. The molecule has 0 bridgehead atoms. The fraction of sp³-hybridized carbons (Fsp3) is 0.321. The number of ether oxygens (including phenoxy) is 1. The Morgan fingerprint density at radius 2 is 1.67 bits per heavy atom. The summed E-state index contributed by atoms with van der Waals surface area (Å²) in [6.07, 6.45) is 2.02. The zero-order valence-electron chi connectivity index (χ0n) is 22.6. The lowest BCUT2D eigenvalue weighted by Gasteiger charge is -2.19. The van der Waals surface area contributed by atoms with E-state index in [1.54, 1.807) is 51.2 Å². The molecule has 0 aliphatic rings. The van der Waals surface area contributed by atoms with Gasteiger partial charge in [-0.15, -0.1) is 0 Å². The van der Waals surface area contributed by atoms with Crippen LogP contribution in [0.2, 0.25) is 0 Å².